The second-order valence-electron chi connectivity index (χ2n) is 2.82. The van der Waals surface area contributed by atoms with Crippen molar-refractivity contribution in [1.82, 2.24) is 0 Å². The van der Waals surface area contributed by atoms with Gasteiger partial charge in [-0.2, -0.15) is 0 Å². The molecule has 0 heterocycles. The van der Waals surface area contributed by atoms with Crippen molar-refractivity contribution in [3.63, 3.8) is 0 Å². The van der Waals surface area contributed by atoms with Crippen molar-refractivity contribution in [2.45, 2.75) is 52.4 Å². The minimum Gasteiger partial charge on any atom is -0.854 e. The number of hydrogen-bond donors (Lipinski definition) is 0. The molecule has 0 bridgehead atoms. The van der Waals surface area contributed by atoms with E-state index in [9.17, 15) is 10.2 Å². The minimum absolute atomic E-state index is 0. The number of hydrogen-bond acceptors (Lipinski definition) is 2. The molecule has 0 radical (unpaired) electrons. The van der Waals surface area contributed by atoms with E-state index >= 15 is 0 Å². The van der Waals surface area contributed by atoms with Gasteiger partial charge in [0.15, 0.2) is 0 Å². The summed E-state index contributed by atoms with van der Waals surface area (Å²) in [7, 11) is 0. The summed E-state index contributed by atoms with van der Waals surface area (Å²) < 4.78 is 0. The molecule has 0 aromatic carbocycles. The predicted octanol–water partition coefficient (Wildman–Crippen LogP) is 0.693. The number of unbranched alkanes of at least 4 members (excludes halogenated alkanes) is 4. The van der Waals surface area contributed by atoms with Gasteiger partial charge in [0.2, 0.25) is 0 Å². The Morgan fingerprint density at radius 3 is 1.08 bits per heavy atom. The molecule has 3 heteroatoms. The molecular formula is C10H22BaO2. The molecule has 0 aliphatic carbocycles. The van der Waals surface area contributed by atoms with Gasteiger partial charge < -0.3 is 10.2 Å². The second kappa shape index (κ2) is 23.4. The summed E-state index contributed by atoms with van der Waals surface area (Å²) >= 11 is 0. The van der Waals surface area contributed by atoms with Crippen molar-refractivity contribution in [2.75, 3.05) is 13.2 Å². The zero-order valence-corrected chi connectivity index (χ0v) is 13.6. The van der Waals surface area contributed by atoms with Crippen LogP contribution in [0.15, 0.2) is 0 Å². The predicted molar refractivity (Wildman–Crippen MR) is 54.5 cm³/mol. The van der Waals surface area contributed by atoms with Crippen LogP contribution in [0, 0.1) is 0 Å². The monoisotopic (exact) mass is 312 g/mol. The fraction of sp³-hybridized carbons (Fsp3) is 1.00. The van der Waals surface area contributed by atoms with Crippen LogP contribution in [-0.4, -0.2) is 62.1 Å². The quantitative estimate of drug-likeness (QED) is 0.535. The molecule has 0 aliphatic rings. The van der Waals surface area contributed by atoms with Gasteiger partial charge >= 0.3 is 48.9 Å². The Morgan fingerprint density at radius 1 is 0.692 bits per heavy atom. The van der Waals surface area contributed by atoms with Gasteiger partial charge in [0, 0.05) is 0 Å². The molecule has 0 aromatic heterocycles. The van der Waals surface area contributed by atoms with Gasteiger partial charge in [-0.25, -0.2) is 0 Å². The van der Waals surface area contributed by atoms with Crippen LogP contribution in [0.3, 0.4) is 0 Å². The van der Waals surface area contributed by atoms with E-state index in [-0.39, 0.29) is 62.1 Å². The summed E-state index contributed by atoms with van der Waals surface area (Å²) in [5.74, 6) is 0. The third kappa shape index (κ3) is 31.7. The zero-order valence-electron chi connectivity index (χ0n) is 9.18. The summed E-state index contributed by atoms with van der Waals surface area (Å²) in [6.45, 7) is 4.40. The summed E-state index contributed by atoms with van der Waals surface area (Å²) in [6.07, 6.45) is 6.23. The van der Waals surface area contributed by atoms with Gasteiger partial charge in [-0.3, -0.25) is 0 Å². The van der Waals surface area contributed by atoms with E-state index in [0.717, 1.165) is 38.5 Å². The zero-order chi connectivity index (χ0) is 9.66. The van der Waals surface area contributed by atoms with Crippen molar-refractivity contribution in [3.05, 3.63) is 0 Å². The molecule has 0 fully saturated rings. The van der Waals surface area contributed by atoms with Gasteiger partial charge in [-0.15, -0.1) is 13.2 Å². The van der Waals surface area contributed by atoms with E-state index in [4.69, 9.17) is 0 Å². The summed E-state index contributed by atoms with van der Waals surface area (Å²) in [5.41, 5.74) is 0. The van der Waals surface area contributed by atoms with Crippen molar-refractivity contribution in [3.8, 4) is 0 Å². The fourth-order valence-corrected chi connectivity index (χ4v) is 0.704. The van der Waals surface area contributed by atoms with E-state index in [1.807, 2.05) is 0 Å². The average molecular weight is 312 g/mol. The van der Waals surface area contributed by atoms with Crippen molar-refractivity contribution < 1.29 is 10.2 Å². The maximum Gasteiger partial charge on any atom is 2.00 e. The maximum absolute atomic E-state index is 9.69. The third-order valence-corrected chi connectivity index (χ3v) is 1.50. The Morgan fingerprint density at radius 2 is 1.00 bits per heavy atom. The summed E-state index contributed by atoms with van der Waals surface area (Å²) in [4.78, 5) is 0. The molecule has 0 saturated heterocycles. The van der Waals surface area contributed by atoms with Crippen LogP contribution in [0.1, 0.15) is 52.4 Å². The first kappa shape index (κ1) is 20.0. The van der Waals surface area contributed by atoms with Crippen LogP contribution < -0.4 is 10.2 Å². The molecule has 13 heavy (non-hydrogen) atoms. The smallest absolute Gasteiger partial charge is 0.854 e. The summed E-state index contributed by atoms with van der Waals surface area (Å²) in [6, 6.07) is 0. The largest absolute Gasteiger partial charge is 2.00 e. The normalized spacial score (nSPS) is 8.31. The maximum atomic E-state index is 9.69. The first-order chi connectivity index (χ1) is 5.83. The first-order valence-corrected chi connectivity index (χ1v) is 4.99. The van der Waals surface area contributed by atoms with Crippen molar-refractivity contribution in [2.24, 2.45) is 0 Å². The van der Waals surface area contributed by atoms with Gasteiger partial charge in [0.05, 0.1) is 0 Å². The Hall–Kier alpha value is 1.49. The van der Waals surface area contributed by atoms with E-state index in [1.54, 1.807) is 0 Å². The Balaban J connectivity index is -0.000000143. The average Bonchev–Trinajstić information content (AvgIpc) is 2.12. The van der Waals surface area contributed by atoms with Crippen LogP contribution in [-0.2, 0) is 0 Å². The summed E-state index contributed by atoms with van der Waals surface area (Å²) in [5, 5.41) is 19.4. The van der Waals surface area contributed by atoms with Gasteiger partial charge in [-0.05, 0) is 0 Å². The molecule has 0 atom stereocenters. The molecule has 76 valence electrons. The molecule has 0 unspecified atom stereocenters. The van der Waals surface area contributed by atoms with Crippen LogP contribution in [0.5, 0.6) is 0 Å². The molecule has 0 aliphatic heterocycles. The van der Waals surface area contributed by atoms with Crippen LogP contribution in [0.25, 0.3) is 0 Å². The van der Waals surface area contributed by atoms with Crippen LogP contribution in [0.2, 0.25) is 0 Å². The van der Waals surface area contributed by atoms with Gasteiger partial charge in [0.25, 0.3) is 0 Å². The molecule has 0 saturated carbocycles. The van der Waals surface area contributed by atoms with Gasteiger partial charge in [-0.1, -0.05) is 52.4 Å². The Bertz CT molecular complexity index is 44.9. The Labute approximate surface area is 123 Å². The molecular weight excluding hydrogens is 289 g/mol. The van der Waals surface area contributed by atoms with E-state index in [2.05, 4.69) is 13.8 Å². The van der Waals surface area contributed by atoms with Gasteiger partial charge in [0.1, 0.15) is 0 Å². The second-order valence-corrected chi connectivity index (χ2v) is 2.82. The first-order valence-electron chi connectivity index (χ1n) is 4.99. The standard InChI is InChI=1S/2C5H11O.Ba/c2*1-2-3-4-5-6;/h2*2-5H2,1H3;/q2*-1;+2. The SMILES string of the molecule is CCCCC[O-].CCCCC[O-].[Ba+2]. The van der Waals surface area contributed by atoms with E-state index < -0.39 is 0 Å². The van der Waals surface area contributed by atoms with Crippen LogP contribution >= 0.6 is 0 Å². The number of rotatable bonds is 6. The molecule has 2 nitrogen and oxygen atoms in total. The molecule has 0 N–H and O–H groups in total. The van der Waals surface area contributed by atoms with E-state index in [1.165, 1.54) is 0 Å². The van der Waals surface area contributed by atoms with E-state index in [0.29, 0.717) is 0 Å². The minimum atomic E-state index is 0. The Kier molecular flexibility index (Phi) is 35.9. The molecule has 0 amide bonds. The van der Waals surface area contributed by atoms with Crippen LogP contribution in [0.4, 0.5) is 0 Å². The topological polar surface area (TPSA) is 46.1 Å². The molecule has 0 rings (SSSR count). The van der Waals surface area contributed by atoms with Crippen molar-refractivity contribution >= 4 is 48.9 Å². The van der Waals surface area contributed by atoms with Crippen molar-refractivity contribution in [1.29, 1.82) is 0 Å². The molecule has 0 aromatic rings. The molecule has 0 spiro atoms. The fourth-order valence-electron chi connectivity index (χ4n) is 0.704. The third-order valence-electron chi connectivity index (χ3n) is 1.50.